The highest BCUT2D eigenvalue weighted by molar-refractivity contribution is 5.25. The Kier molecular flexibility index (Phi) is 4.46. The zero-order valence-corrected chi connectivity index (χ0v) is 12.0. The van der Waals surface area contributed by atoms with Gasteiger partial charge in [0, 0.05) is 5.56 Å². The van der Waals surface area contributed by atoms with E-state index in [4.69, 9.17) is 9.15 Å². The molecule has 102 valence electrons. The van der Waals surface area contributed by atoms with Crippen LogP contribution in [0.25, 0.3) is 0 Å². The highest BCUT2D eigenvalue weighted by Gasteiger charge is 2.32. The lowest BCUT2D eigenvalue weighted by Crippen LogP contribution is -2.32. The van der Waals surface area contributed by atoms with E-state index in [2.05, 4.69) is 25.2 Å². The van der Waals surface area contributed by atoms with Gasteiger partial charge < -0.3 is 14.5 Å². The fourth-order valence-corrected chi connectivity index (χ4v) is 2.78. The fraction of sp³-hybridized carbons (Fsp3) is 0.733. The van der Waals surface area contributed by atoms with Crippen molar-refractivity contribution in [3.8, 4) is 0 Å². The fourth-order valence-electron chi connectivity index (χ4n) is 2.78. The van der Waals surface area contributed by atoms with E-state index < -0.39 is 0 Å². The van der Waals surface area contributed by atoms with Crippen LogP contribution in [0.2, 0.25) is 0 Å². The van der Waals surface area contributed by atoms with Crippen LogP contribution in [-0.4, -0.2) is 18.8 Å². The third-order valence-corrected chi connectivity index (χ3v) is 3.67. The molecule has 3 unspecified atom stereocenters. The molecular weight excluding hydrogens is 226 g/mol. The predicted molar refractivity (Wildman–Crippen MR) is 72.8 cm³/mol. The van der Waals surface area contributed by atoms with Gasteiger partial charge in [-0.2, -0.15) is 0 Å². The maximum atomic E-state index is 6.03. The molecule has 0 spiro atoms. The van der Waals surface area contributed by atoms with Crippen LogP contribution in [0, 0.1) is 13.8 Å². The van der Waals surface area contributed by atoms with Crippen molar-refractivity contribution < 1.29 is 9.15 Å². The second-order valence-electron chi connectivity index (χ2n) is 5.36. The maximum Gasteiger partial charge on any atom is 0.105 e. The SMILES string of the molecule is CCCNC(c1cc(C)oc1C)C1CCC(C)O1. The minimum atomic E-state index is 0.271. The molecule has 1 aromatic rings. The lowest BCUT2D eigenvalue weighted by atomic mass is 9.99. The van der Waals surface area contributed by atoms with Crippen molar-refractivity contribution in [2.45, 2.75) is 65.2 Å². The molecule has 3 heteroatoms. The van der Waals surface area contributed by atoms with Crippen molar-refractivity contribution in [1.82, 2.24) is 5.32 Å². The summed E-state index contributed by atoms with van der Waals surface area (Å²) in [7, 11) is 0. The lowest BCUT2D eigenvalue weighted by molar-refractivity contribution is 0.0313. The number of hydrogen-bond acceptors (Lipinski definition) is 3. The molecule has 1 aliphatic rings. The smallest absolute Gasteiger partial charge is 0.105 e. The van der Waals surface area contributed by atoms with E-state index in [0.717, 1.165) is 37.3 Å². The maximum absolute atomic E-state index is 6.03. The monoisotopic (exact) mass is 251 g/mol. The Bertz CT molecular complexity index is 386. The van der Waals surface area contributed by atoms with Gasteiger partial charge in [0.15, 0.2) is 0 Å². The van der Waals surface area contributed by atoms with Gasteiger partial charge in [-0.1, -0.05) is 6.92 Å². The van der Waals surface area contributed by atoms with Crippen LogP contribution in [0.15, 0.2) is 10.5 Å². The molecule has 1 fully saturated rings. The molecule has 0 aliphatic carbocycles. The Morgan fingerprint density at radius 2 is 2.17 bits per heavy atom. The Labute approximate surface area is 110 Å². The molecule has 3 atom stereocenters. The zero-order valence-electron chi connectivity index (χ0n) is 12.0. The van der Waals surface area contributed by atoms with Crippen molar-refractivity contribution in [3.63, 3.8) is 0 Å². The van der Waals surface area contributed by atoms with Gasteiger partial charge in [0.2, 0.25) is 0 Å². The van der Waals surface area contributed by atoms with Crippen molar-refractivity contribution in [2.24, 2.45) is 0 Å². The normalized spacial score (nSPS) is 25.6. The molecule has 18 heavy (non-hydrogen) atoms. The lowest BCUT2D eigenvalue weighted by Gasteiger charge is -2.24. The summed E-state index contributed by atoms with van der Waals surface area (Å²) in [4.78, 5) is 0. The van der Waals surface area contributed by atoms with E-state index in [1.807, 2.05) is 13.8 Å². The van der Waals surface area contributed by atoms with Crippen molar-refractivity contribution in [3.05, 3.63) is 23.2 Å². The summed E-state index contributed by atoms with van der Waals surface area (Å²) in [5.41, 5.74) is 1.26. The molecular formula is C15H25NO2. The summed E-state index contributed by atoms with van der Waals surface area (Å²) in [5, 5.41) is 3.62. The predicted octanol–water partition coefficient (Wildman–Crippen LogP) is 3.50. The summed E-state index contributed by atoms with van der Waals surface area (Å²) >= 11 is 0. The van der Waals surface area contributed by atoms with Crippen LogP contribution in [0.5, 0.6) is 0 Å². The molecule has 1 saturated heterocycles. The average molecular weight is 251 g/mol. The number of ether oxygens (including phenoxy) is 1. The van der Waals surface area contributed by atoms with Gasteiger partial charge in [0.1, 0.15) is 11.5 Å². The van der Waals surface area contributed by atoms with E-state index in [1.165, 1.54) is 5.56 Å². The Balaban J connectivity index is 2.16. The van der Waals surface area contributed by atoms with E-state index in [9.17, 15) is 0 Å². The van der Waals surface area contributed by atoms with Crippen LogP contribution in [0.1, 0.15) is 56.2 Å². The Morgan fingerprint density at radius 3 is 2.67 bits per heavy atom. The standard InChI is InChI=1S/C15H25NO2/c1-5-8-16-15(14-7-6-10(2)18-14)13-9-11(3)17-12(13)4/h9-10,14-16H,5-8H2,1-4H3. The Hall–Kier alpha value is -0.800. The quantitative estimate of drug-likeness (QED) is 0.869. The first-order valence-corrected chi connectivity index (χ1v) is 7.07. The topological polar surface area (TPSA) is 34.4 Å². The number of rotatable bonds is 5. The van der Waals surface area contributed by atoms with Gasteiger partial charge in [-0.3, -0.25) is 0 Å². The van der Waals surface area contributed by atoms with Gasteiger partial charge >= 0.3 is 0 Å². The third-order valence-electron chi connectivity index (χ3n) is 3.67. The summed E-state index contributed by atoms with van der Waals surface area (Å²) in [5.74, 6) is 2.00. The van der Waals surface area contributed by atoms with Gasteiger partial charge in [0.25, 0.3) is 0 Å². The van der Waals surface area contributed by atoms with Crippen LogP contribution in [0.4, 0.5) is 0 Å². The van der Waals surface area contributed by atoms with Crippen molar-refractivity contribution >= 4 is 0 Å². The van der Waals surface area contributed by atoms with Gasteiger partial charge in [0.05, 0.1) is 18.2 Å². The minimum absolute atomic E-state index is 0.271. The summed E-state index contributed by atoms with van der Waals surface area (Å²) in [6.07, 6.45) is 4.09. The molecule has 3 nitrogen and oxygen atoms in total. The first-order valence-electron chi connectivity index (χ1n) is 7.07. The molecule has 0 bridgehead atoms. The molecule has 0 saturated carbocycles. The number of hydrogen-bond donors (Lipinski definition) is 1. The summed E-state index contributed by atoms with van der Waals surface area (Å²) in [6.45, 7) is 9.41. The Morgan fingerprint density at radius 1 is 1.39 bits per heavy atom. The molecule has 0 radical (unpaired) electrons. The van der Waals surface area contributed by atoms with E-state index in [1.54, 1.807) is 0 Å². The van der Waals surface area contributed by atoms with E-state index >= 15 is 0 Å². The molecule has 0 aromatic carbocycles. The van der Waals surface area contributed by atoms with Crippen LogP contribution in [0.3, 0.4) is 0 Å². The van der Waals surface area contributed by atoms with Crippen LogP contribution >= 0.6 is 0 Å². The van der Waals surface area contributed by atoms with Gasteiger partial charge in [-0.25, -0.2) is 0 Å². The first kappa shape index (κ1) is 13.6. The molecule has 1 aromatic heterocycles. The number of nitrogens with one attached hydrogen (secondary N) is 1. The number of furan rings is 1. The van der Waals surface area contributed by atoms with Crippen LogP contribution in [-0.2, 0) is 4.74 Å². The van der Waals surface area contributed by atoms with Crippen LogP contribution < -0.4 is 5.32 Å². The second kappa shape index (κ2) is 5.89. The van der Waals surface area contributed by atoms with Gasteiger partial charge in [-0.05, 0) is 52.6 Å². The third kappa shape index (κ3) is 2.96. The molecule has 1 N–H and O–H groups in total. The second-order valence-corrected chi connectivity index (χ2v) is 5.36. The molecule has 1 aliphatic heterocycles. The molecule has 0 amide bonds. The largest absolute Gasteiger partial charge is 0.466 e. The zero-order chi connectivity index (χ0) is 13.1. The molecule has 2 rings (SSSR count). The van der Waals surface area contributed by atoms with Crippen molar-refractivity contribution in [1.29, 1.82) is 0 Å². The first-order chi connectivity index (χ1) is 8.61. The van der Waals surface area contributed by atoms with E-state index in [-0.39, 0.29) is 12.1 Å². The van der Waals surface area contributed by atoms with E-state index in [0.29, 0.717) is 6.10 Å². The minimum Gasteiger partial charge on any atom is -0.466 e. The summed E-state index contributed by atoms with van der Waals surface area (Å²) in [6, 6.07) is 2.42. The van der Waals surface area contributed by atoms with Crippen molar-refractivity contribution in [2.75, 3.05) is 6.54 Å². The number of aryl methyl sites for hydroxylation is 2. The van der Waals surface area contributed by atoms with Gasteiger partial charge in [-0.15, -0.1) is 0 Å². The highest BCUT2D eigenvalue weighted by atomic mass is 16.5. The summed E-state index contributed by atoms with van der Waals surface area (Å²) < 4.78 is 11.7. The molecule has 2 heterocycles. The average Bonchev–Trinajstić information content (AvgIpc) is 2.87. The highest BCUT2D eigenvalue weighted by Crippen LogP contribution is 2.32.